The van der Waals surface area contributed by atoms with E-state index in [0.717, 1.165) is 29.7 Å². The number of hydrogen-bond donors (Lipinski definition) is 1. The SMILES string of the molecule is CCNC1CCCCC1c1c(C)cc(C)cc1F. The zero-order valence-electron chi connectivity index (χ0n) is 11.7. The summed E-state index contributed by atoms with van der Waals surface area (Å²) in [6.45, 7) is 7.10. The maximum absolute atomic E-state index is 14.3. The van der Waals surface area contributed by atoms with Crippen molar-refractivity contribution in [1.29, 1.82) is 0 Å². The van der Waals surface area contributed by atoms with Gasteiger partial charge in [0.25, 0.3) is 0 Å². The first-order chi connectivity index (χ1) is 8.63. The zero-order chi connectivity index (χ0) is 13.1. The largest absolute Gasteiger partial charge is 0.314 e. The second-order valence-corrected chi connectivity index (χ2v) is 5.53. The van der Waals surface area contributed by atoms with E-state index in [-0.39, 0.29) is 5.82 Å². The van der Waals surface area contributed by atoms with Crippen LogP contribution in [0.3, 0.4) is 0 Å². The summed E-state index contributed by atoms with van der Waals surface area (Å²) in [5.41, 5.74) is 3.08. The molecule has 0 heterocycles. The van der Waals surface area contributed by atoms with Gasteiger partial charge in [-0.1, -0.05) is 25.8 Å². The van der Waals surface area contributed by atoms with E-state index < -0.39 is 0 Å². The number of benzene rings is 1. The van der Waals surface area contributed by atoms with E-state index in [0.29, 0.717) is 12.0 Å². The molecule has 2 atom stereocenters. The molecule has 0 bridgehead atoms. The Morgan fingerprint density at radius 3 is 2.61 bits per heavy atom. The van der Waals surface area contributed by atoms with Gasteiger partial charge in [-0.15, -0.1) is 0 Å². The van der Waals surface area contributed by atoms with Gasteiger partial charge in [0.2, 0.25) is 0 Å². The molecule has 0 spiro atoms. The zero-order valence-corrected chi connectivity index (χ0v) is 11.7. The van der Waals surface area contributed by atoms with E-state index in [1.165, 1.54) is 19.3 Å². The highest BCUT2D eigenvalue weighted by Crippen LogP contribution is 2.36. The molecule has 100 valence electrons. The molecule has 1 fully saturated rings. The van der Waals surface area contributed by atoms with E-state index in [4.69, 9.17) is 0 Å². The summed E-state index contributed by atoms with van der Waals surface area (Å²) in [5, 5.41) is 3.54. The molecular weight excluding hydrogens is 225 g/mol. The third-order valence-corrected chi connectivity index (χ3v) is 4.08. The summed E-state index contributed by atoms with van der Waals surface area (Å²) in [7, 11) is 0. The van der Waals surface area contributed by atoms with Crippen LogP contribution in [0.1, 0.15) is 55.2 Å². The average molecular weight is 249 g/mol. The van der Waals surface area contributed by atoms with Gasteiger partial charge in [-0.2, -0.15) is 0 Å². The Kier molecular flexibility index (Phi) is 4.39. The molecule has 1 aromatic rings. The molecule has 2 rings (SSSR count). The Bertz CT molecular complexity index is 389. The Morgan fingerprint density at radius 1 is 1.22 bits per heavy atom. The lowest BCUT2D eigenvalue weighted by Crippen LogP contribution is -2.37. The van der Waals surface area contributed by atoms with Crippen molar-refractivity contribution in [2.75, 3.05) is 6.54 Å². The van der Waals surface area contributed by atoms with E-state index >= 15 is 0 Å². The van der Waals surface area contributed by atoms with Gasteiger partial charge in [-0.25, -0.2) is 4.39 Å². The van der Waals surface area contributed by atoms with E-state index in [9.17, 15) is 4.39 Å². The molecule has 0 amide bonds. The second kappa shape index (κ2) is 5.83. The van der Waals surface area contributed by atoms with Crippen molar-refractivity contribution in [3.05, 3.63) is 34.6 Å². The first-order valence-corrected chi connectivity index (χ1v) is 7.13. The van der Waals surface area contributed by atoms with E-state index in [1.807, 2.05) is 13.8 Å². The van der Waals surface area contributed by atoms with Gasteiger partial charge in [0.15, 0.2) is 0 Å². The lowest BCUT2D eigenvalue weighted by molar-refractivity contribution is 0.325. The van der Waals surface area contributed by atoms with E-state index in [1.54, 1.807) is 6.07 Å². The number of rotatable bonds is 3. The summed E-state index contributed by atoms with van der Waals surface area (Å²) in [4.78, 5) is 0. The van der Waals surface area contributed by atoms with Crippen LogP contribution in [0.2, 0.25) is 0 Å². The van der Waals surface area contributed by atoms with Gasteiger partial charge in [-0.3, -0.25) is 0 Å². The molecule has 1 aromatic carbocycles. The van der Waals surface area contributed by atoms with E-state index in [2.05, 4.69) is 18.3 Å². The summed E-state index contributed by atoms with van der Waals surface area (Å²) in [6.07, 6.45) is 4.77. The van der Waals surface area contributed by atoms with Crippen LogP contribution < -0.4 is 5.32 Å². The molecule has 0 aromatic heterocycles. The Labute approximate surface area is 110 Å². The van der Waals surface area contributed by atoms with Crippen LogP contribution in [-0.2, 0) is 0 Å². The first-order valence-electron chi connectivity index (χ1n) is 7.13. The number of hydrogen-bond acceptors (Lipinski definition) is 1. The van der Waals surface area contributed by atoms with Gasteiger partial charge in [0.05, 0.1) is 0 Å². The van der Waals surface area contributed by atoms with Crippen LogP contribution in [-0.4, -0.2) is 12.6 Å². The van der Waals surface area contributed by atoms with Crippen molar-refractivity contribution >= 4 is 0 Å². The van der Waals surface area contributed by atoms with Crippen molar-refractivity contribution in [3.8, 4) is 0 Å². The van der Waals surface area contributed by atoms with Crippen LogP contribution in [0.15, 0.2) is 12.1 Å². The quantitative estimate of drug-likeness (QED) is 0.851. The Morgan fingerprint density at radius 2 is 1.94 bits per heavy atom. The molecule has 18 heavy (non-hydrogen) atoms. The highest BCUT2D eigenvalue weighted by Gasteiger charge is 2.29. The minimum Gasteiger partial charge on any atom is -0.314 e. The van der Waals surface area contributed by atoms with Gasteiger partial charge in [0, 0.05) is 12.0 Å². The Balaban J connectivity index is 2.33. The second-order valence-electron chi connectivity index (χ2n) is 5.53. The van der Waals surface area contributed by atoms with Crippen molar-refractivity contribution in [2.45, 2.75) is 58.4 Å². The molecule has 0 radical (unpaired) electrons. The maximum atomic E-state index is 14.3. The highest BCUT2D eigenvalue weighted by molar-refractivity contribution is 5.35. The van der Waals surface area contributed by atoms with Crippen LogP contribution in [0, 0.1) is 19.7 Å². The molecular formula is C16H24FN. The molecule has 1 nitrogen and oxygen atoms in total. The molecule has 1 N–H and O–H groups in total. The van der Waals surface area contributed by atoms with Crippen LogP contribution in [0.4, 0.5) is 4.39 Å². The fraction of sp³-hybridized carbons (Fsp3) is 0.625. The van der Waals surface area contributed by atoms with Gasteiger partial charge in [0.1, 0.15) is 5.82 Å². The number of aryl methyl sites for hydroxylation is 2. The summed E-state index contributed by atoms with van der Waals surface area (Å²) in [5.74, 6) is 0.335. The molecule has 1 aliphatic carbocycles. The first kappa shape index (κ1) is 13.5. The predicted molar refractivity (Wildman–Crippen MR) is 74.5 cm³/mol. The molecule has 1 saturated carbocycles. The summed E-state index contributed by atoms with van der Waals surface area (Å²) >= 11 is 0. The minimum absolute atomic E-state index is 0.0118. The highest BCUT2D eigenvalue weighted by atomic mass is 19.1. The Hall–Kier alpha value is -0.890. The van der Waals surface area contributed by atoms with Gasteiger partial charge < -0.3 is 5.32 Å². The fourth-order valence-corrected chi connectivity index (χ4v) is 3.38. The normalized spacial score (nSPS) is 24.2. The smallest absolute Gasteiger partial charge is 0.127 e. The van der Waals surface area contributed by atoms with Crippen LogP contribution in [0.5, 0.6) is 0 Å². The summed E-state index contributed by atoms with van der Waals surface area (Å²) < 4.78 is 14.3. The van der Waals surface area contributed by atoms with Crippen molar-refractivity contribution in [3.63, 3.8) is 0 Å². The molecule has 0 saturated heterocycles. The van der Waals surface area contributed by atoms with Gasteiger partial charge in [-0.05, 0) is 56.0 Å². The predicted octanol–water partition coefficient (Wildman–Crippen LogP) is 4.08. The minimum atomic E-state index is -0.0118. The molecule has 2 heteroatoms. The van der Waals surface area contributed by atoms with Crippen molar-refractivity contribution in [2.24, 2.45) is 0 Å². The third kappa shape index (κ3) is 2.74. The molecule has 1 aliphatic rings. The topological polar surface area (TPSA) is 12.0 Å². The number of likely N-dealkylation sites (N-methyl/N-ethyl adjacent to an activating group) is 1. The monoisotopic (exact) mass is 249 g/mol. The number of nitrogens with one attached hydrogen (secondary N) is 1. The fourth-order valence-electron chi connectivity index (χ4n) is 3.38. The molecule has 2 unspecified atom stereocenters. The van der Waals surface area contributed by atoms with Gasteiger partial charge >= 0.3 is 0 Å². The van der Waals surface area contributed by atoms with Crippen molar-refractivity contribution in [1.82, 2.24) is 5.32 Å². The van der Waals surface area contributed by atoms with Crippen molar-refractivity contribution < 1.29 is 4.39 Å². The third-order valence-electron chi connectivity index (χ3n) is 4.08. The average Bonchev–Trinajstić information content (AvgIpc) is 2.30. The lowest BCUT2D eigenvalue weighted by atomic mass is 9.78. The summed E-state index contributed by atoms with van der Waals surface area (Å²) in [6, 6.07) is 4.23. The maximum Gasteiger partial charge on any atom is 0.127 e. The molecule has 0 aliphatic heterocycles. The van der Waals surface area contributed by atoms with Crippen LogP contribution in [0.25, 0.3) is 0 Å². The number of halogens is 1. The van der Waals surface area contributed by atoms with Crippen LogP contribution >= 0.6 is 0 Å². The lowest BCUT2D eigenvalue weighted by Gasteiger charge is -2.33. The standard InChI is InChI=1S/C16H24FN/c1-4-18-15-8-6-5-7-13(15)16-12(3)9-11(2)10-14(16)17/h9-10,13,15,18H,4-8H2,1-3H3.